The van der Waals surface area contributed by atoms with Gasteiger partial charge in [0.05, 0.1) is 5.69 Å². The quantitative estimate of drug-likeness (QED) is 0.609. The molecule has 1 aromatic carbocycles. The normalized spacial score (nSPS) is 18.0. The van der Waals surface area contributed by atoms with E-state index in [4.69, 9.17) is 22.3 Å². The van der Waals surface area contributed by atoms with Gasteiger partial charge in [0.15, 0.2) is 5.82 Å². The van der Waals surface area contributed by atoms with E-state index >= 15 is 0 Å². The fourth-order valence-electron chi connectivity index (χ4n) is 5.01. The molecule has 2 saturated heterocycles. The summed E-state index contributed by atoms with van der Waals surface area (Å²) in [6.07, 6.45) is 5.50. The Balaban J connectivity index is 1.38. The summed E-state index contributed by atoms with van der Waals surface area (Å²) in [6.45, 7) is 6.61. The lowest BCUT2D eigenvalue weighted by Gasteiger charge is -2.37. The Kier molecular flexibility index (Phi) is 5.97. The Morgan fingerprint density at radius 3 is 2.64 bits per heavy atom. The summed E-state index contributed by atoms with van der Waals surface area (Å²) in [5.74, 6) is 2.91. The maximum absolute atomic E-state index is 13.8. The molecule has 3 aromatic rings. The average Bonchev–Trinajstić information content (AvgIpc) is 3.20. The first-order valence-corrected chi connectivity index (χ1v) is 11.8. The van der Waals surface area contributed by atoms with Gasteiger partial charge >= 0.3 is 0 Å². The zero-order chi connectivity index (χ0) is 23.1. The number of anilines is 2. The Hall–Kier alpha value is -2.71. The largest absolute Gasteiger partial charge is 0.382 e. The predicted octanol–water partition coefficient (Wildman–Crippen LogP) is 3.97. The molecule has 0 aliphatic carbocycles. The number of hydrogen-bond donors (Lipinski definition) is 1. The van der Waals surface area contributed by atoms with Crippen LogP contribution in [0.25, 0.3) is 11.3 Å². The van der Waals surface area contributed by atoms with E-state index in [0.717, 1.165) is 62.6 Å². The van der Waals surface area contributed by atoms with Crippen LogP contribution in [0.4, 0.5) is 16.0 Å². The Bertz CT molecular complexity index is 1150. The monoisotopic (exact) mass is 469 g/mol. The van der Waals surface area contributed by atoms with Crippen LogP contribution in [0.3, 0.4) is 0 Å². The van der Waals surface area contributed by atoms with Gasteiger partial charge < -0.3 is 20.1 Å². The summed E-state index contributed by atoms with van der Waals surface area (Å²) in [7, 11) is 2.15. The third-order valence-electron chi connectivity index (χ3n) is 6.81. The minimum absolute atomic E-state index is 0.188. The molecule has 2 aliphatic heterocycles. The van der Waals surface area contributed by atoms with Crippen LogP contribution in [0.1, 0.15) is 30.1 Å². The molecule has 7 nitrogen and oxygen atoms in total. The average molecular weight is 470 g/mol. The molecular formula is C24H29ClFN7. The number of nitrogens with zero attached hydrogens (tertiary/aromatic N) is 6. The molecule has 2 aromatic heterocycles. The Morgan fingerprint density at radius 1 is 1.18 bits per heavy atom. The summed E-state index contributed by atoms with van der Waals surface area (Å²) in [6, 6.07) is 5.23. The van der Waals surface area contributed by atoms with Crippen LogP contribution in [0.15, 0.2) is 30.7 Å². The molecular weight excluding hydrogens is 441 g/mol. The third kappa shape index (κ3) is 4.42. The summed E-state index contributed by atoms with van der Waals surface area (Å²) in [4.78, 5) is 17.9. The molecule has 0 atom stereocenters. The van der Waals surface area contributed by atoms with Gasteiger partial charge in [0.25, 0.3) is 0 Å². The summed E-state index contributed by atoms with van der Waals surface area (Å²) in [5, 5.41) is 0.417. The highest BCUT2D eigenvalue weighted by Crippen LogP contribution is 2.35. The van der Waals surface area contributed by atoms with E-state index in [9.17, 15) is 4.39 Å². The van der Waals surface area contributed by atoms with E-state index in [2.05, 4.69) is 37.6 Å². The van der Waals surface area contributed by atoms with Crippen LogP contribution < -0.4 is 10.6 Å². The van der Waals surface area contributed by atoms with Gasteiger partial charge in [-0.2, -0.15) is 0 Å². The molecule has 5 rings (SSSR count). The minimum Gasteiger partial charge on any atom is -0.382 e. The van der Waals surface area contributed by atoms with Gasteiger partial charge in [-0.1, -0.05) is 11.6 Å². The molecule has 0 spiro atoms. The van der Waals surface area contributed by atoms with E-state index in [1.807, 2.05) is 12.1 Å². The first-order chi connectivity index (χ1) is 15.9. The molecule has 0 bridgehead atoms. The highest BCUT2D eigenvalue weighted by Gasteiger charge is 2.30. The predicted molar refractivity (Wildman–Crippen MR) is 129 cm³/mol. The van der Waals surface area contributed by atoms with E-state index in [0.29, 0.717) is 34.1 Å². The molecule has 2 aliphatic rings. The van der Waals surface area contributed by atoms with E-state index in [1.54, 1.807) is 6.92 Å². The lowest BCUT2D eigenvalue weighted by atomic mass is 9.95. The number of nitrogen functional groups attached to an aromatic ring is 1. The molecule has 0 radical (unpaired) electrons. The van der Waals surface area contributed by atoms with Crippen LogP contribution >= 0.6 is 11.6 Å². The van der Waals surface area contributed by atoms with Gasteiger partial charge in [0.2, 0.25) is 0 Å². The number of imidazole rings is 1. The fraction of sp³-hybridized carbons (Fsp3) is 0.458. The van der Waals surface area contributed by atoms with Crippen LogP contribution in [0.2, 0.25) is 5.02 Å². The van der Waals surface area contributed by atoms with Crippen LogP contribution in [0, 0.1) is 18.7 Å². The topological polar surface area (TPSA) is 76.1 Å². The molecule has 0 amide bonds. The number of aromatic nitrogens is 4. The number of likely N-dealkylation sites (tertiary alicyclic amines) is 1. The number of nitrogens with two attached hydrogens (primary N) is 1. The van der Waals surface area contributed by atoms with Crippen molar-refractivity contribution in [3.05, 3.63) is 53.0 Å². The van der Waals surface area contributed by atoms with Crippen molar-refractivity contribution in [3.8, 4) is 11.3 Å². The van der Waals surface area contributed by atoms with Crippen molar-refractivity contribution >= 4 is 23.2 Å². The minimum atomic E-state index is -0.188. The standard InChI is InChI=1S/C24H29ClFN7/c1-15-9-18(3-4-19(15)26)20-13-33(12-16-10-31(2)11-16)23(30-20)17-5-7-32(8-6-17)24-21(25)22(27)28-14-29-24/h3-4,9,13-14,16-17H,5-8,10-12H2,1-2H3,(H2,27,28,29). The third-order valence-corrected chi connectivity index (χ3v) is 7.18. The number of rotatable bonds is 5. The number of halogens is 2. The number of benzene rings is 1. The highest BCUT2D eigenvalue weighted by molar-refractivity contribution is 6.35. The molecule has 33 heavy (non-hydrogen) atoms. The Labute approximate surface area is 198 Å². The first kappa shape index (κ1) is 22.1. The van der Waals surface area contributed by atoms with Crippen molar-refractivity contribution in [2.75, 3.05) is 43.9 Å². The second-order valence-electron chi connectivity index (χ2n) is 9.35. The van der Waals surface area contributed by atoms with Crippen molar-refractivity contribution < 1.29 is 4.39 Å². The summed E-state index contributed by atoms with van der Waals surface area (Å²) < 4.78 is 16.2. The van der Waals surface area contributed by atoms with Crippen molar-refractivity contribution in [1.82, 2.24) is 24.4 Å². The molecule has 9 heteroatoms. The summed E-state index contributed by atoms with van der Waals surface area (Å²) in [5.41, 5.74) is 8.38. The second-order valence-corrected chi connectivity index (χ2v) is 9.72. The lowest BCUT2D eigenvalue weighted by molar-refractivity contribution is 0.118. The summed E-state index contributed by atoms with van der Waals surface area (Å²) >= 11 is 6.35. The van der Waals surface area contributed by atoms with E-state index in [-0.39, 0.29) is 5.82 Å². The van der Waals surface area contributed by atoms with Gasteiger partial charge in [-0.25, -0.2) is 19.3 Å². The molecule has 0 unspecified atom stereocenters. The molecule has 4 heterocycles. The van der Waals surface area contributed by atoms with Crippen molar-refractivity contribution in [2.45, 2.75) is 32.2 Å². The maximum atomic E-state index is 13.8. The van der Waals surface area contributed by atoms with Gasteiger partial charge in [-0.3, -0.25) is 0 Å². The van der Waals surface area contributed by atoms with Gasteiger partial charge in [-0.05, 0) is 50.6 Å². The number of hydrogen-bond acceptors (Lipinski definition) is 6. The van der Waals surface area contributed by atoms with Crippen molar-refractivity contribution in [1.29, 1.82) is 0 Å². The zero-order valence-corrected chi connectivity index (χ0v) is 19.8. The van der Waals surface area contributed by atoms with Crippen LogP contribution in [0.5, 0.6) is 0 Å². The molecule has 0 saturated carbocycles. The Morgan fingerprint density at radius 2 is 1.94 bits per heavy atom. The second kappa shape index (κ2) is 8.91. The van der Waals surface area contributed by atoms with Gasteiger partial charge in [0, 0.05) is 56.3 Å². The van der Waals surface area contributed by atoms with E-state index in [1.165, 1.54) is 12.4 Å². The zero-order valence-electron chi connectivity index (χ0n) is 19.0. The van der Waals surface area contributed by atoms with Crippen molar-refractivity contribution in [2.24, 2.45) is 5.92 Å². The lowest BCUT2D eigenvalue weighted by Crippen LogP contribution is -2.45. The SMILES string of the molecule is Cc1cc(-c2cn(CC3CN(C)C3)c(C3CCN(c4ncnc(N)c4Cl)CC3)n2)ccc1F. The number of aryl methyl sites for hydroxylation is 1. The maximum Gasteiger partial charge on any atom is 0.153 e. The van der Waals surface area contributed by atoms with Gasteiger partial charge in [-0.15, -0.1) is 0 Å². The highest BCUT2D eigenvalue weighted by atomic mass is 35.5. The first-order valence-electron chi connectivity index (χ1n) is 11.4. The van der Waals surface area contributed by atoms with Gasteiger partial charge in [0.1, 0.15) is 28.8 Å². The molecule has 174 valence electrons. The van der Waals surface area contributed by atoms with Crippen LogP contribution in [-0.2, 0) is 6.54 Å². The molecule has 2 fully saturated rings. The number of piperidine rings is 1. The van der Waals surface area contributed by atoms with Crippen LogP contribution in [-0.4, -0.2) is 57.6 Å². The van der Waals surface area contributed by atoms with E-state index < -0.39 is 0 Å². The van der Waals surface area contributed by atoms with Crippen molar-refractivity contribution in [3.63, 3.8) is 0 Å². The molecule has 2 N–H and O–H groups in total. The smallest absolute Gasteiger partial charge is 0.153 e. The fourth-order valence-corrected chi connectivity index (χ4v) is 5.23.